The summed E-state index contributed by atoms with van der Waals surface area (Å²) in [5.74, 6) is 1.18. The van der Waals surface area contributed by atoms with E-state index in [0.29, 0.717) is 29.5 Å². The molecular weight excluding hydrogens is 412 g/mol. The fourth-order valence-electron chi connectivity index (χ4n) is 4.67. The van der Waals surface area contributed by atoms with Crippen molar-refractivity contribution in [2.45, 2.75) is 38.3 Å². The van der Waals surface area contributed by atoms with Crippen molar-refractivity contribution in [3.05, 3.63) is 76.6 Å². The van der Waals surface area contributed by atoms with Gasteiger partial charge >= 0.3 is 0 Å². The highest BCUT2D eigenvalue weighted by molar-refractivity contribution is 7.89. The van der Waals surface area contributed by atoms with Crippen LogP contribution < -0.4 is 9.47 Å². The van der Waals surface area contributed by atoms with Crippen molar-refractivity contribution in [3.8, 4) is 11.5 Å². The number of hydrogen-bond donors (Lipinski definition) is 0. The standard InChI is InChI=1S/C24H28N2O4S/c1-16-13-17(2)24(18(3)14-16)31(27,28)26-12-11-25-10-6-7-20(25)23(26)19-8-9-21(29-4)22(15-19)30-5/h6-10,13-15,23H,11-12H2,1-5H3/t23-/m1/s1. The van der Waals surface area contributed by atoms with Crippen LogP contribution in [0, 0.1) is 20.8 Å². The maximum atomic E-state index is 14.0. The van der Waals surface area contributed by atoms with Crippen LogP contribution in [0.4, 0.5) is 0 Å². The number of aromatic nitrogens is 1. The van der Waals surface area contributed by atoms with Crippen molar-refractivity contribution in [1.29, 1.82) is 0 Å². The molecule has 0 saturated carbocycles. The van der Waals surface area contributed by atoms with E-state index in [9.17, 15) is 8.42 Å². The molecule has 1 aliphatic heterocycles. The molecule has 1 aliphatic rings. The summed E-state index contributed by atoms with van der Waals surface area (Å²) in [6.07, 6.45) is 2.00. The van der Waals surface area contributed by atoms with Crippen LogP contribution in [0.15, 0.2) is 53.6 Å². The van der Waals surface area contributed by atoms with Gasteiger partial charge in [-0.3, -0.25) is 0 Å². The molecule has 164 valence electrons. The summed E-state index contributed by atoms with van der Waals surface area (Å²) in [7, 11) is -0.577. The van der Waals surface area contributed by atoms with Gasteiger partial charge in [-0.15, -0.1) is 0 Å². The predicted molar refractivity (Wildman–Crippen MR) is 120 cm³/mol. The predicted octanol–water partition coefficient (Wildman–Crippen LogP) is 4.22. The first kappa shape index (κ1) is 21.5. The van der Waals surface area contributed by atoms with E-state index in [1.807, 2.05) is 69.4 Å². The average molecular weight is 441 g/mol. The third-order valence-electron chi connectivity index (χ3n) is 5.89. The zero-order valence-electron chi connectivity index (χ0n) is 18.5. The molecule has 0 spiro atoms. The lowest BCUT2D eigenvalue weighted by Crippen LogP contribution is -2.42. The number of hydrogen-bond acceptors (Lipinski definition) is 4. The topological polar surface area (TPSA) is 60.8 Å². The van der Waals surface area contributed by atoms with E-state index >= 15 is 0 Å². The van der Waals surface area contributed by atoms with Gasteiger partial charge in [-0.05, 0) is 61.7 Å². The van der Waals surface area contributed by atoms with Gasteiger partial charge in [-0.25, -0.2) is 8.42 Å². The summed E-state index contributed by atoms with van der Waals surface area (Å²) in [6, 6.07) is 12.9. The molecule has 3 aromatic rings. The maximum Gasteiger partial charge on any atom is 0.244 e. The van der Waals surface area contributed by atoms with Crippen LogP contribution in [0.25, 0.3) is 0 Å². The van der Waals surface area contributed by atoms with E-state index in [1.54, 1.807) is 18.5 Å². The average Bonchev–Trinajstić information content (AvgIpc) is 3.20. The molecule has 0 amide bonds. The smallest absolute Gasteiger partial charge is 0.244 e. The number of sulfonamides is 1. The lowest BCUT2D eigenvalue weighted by molar-refractivity contribution is 0.296. The molecule has 0 bridgehead atoms. The van der Waals surface area contributed by atoms with Gasteiger partial charge in [0, 0.05) is 25.0 Å². The molecule has 2 heterocycles. The molecule has 0 aliphatic carbocycles. The van der Waals surface area contributed by atoms with Crippen LogP contribution in [-0.2, 0) is 16.6 Å². The zero-order valence-corrected chi connectivity index (χ0v) is 19.4. The summed E-state index contributed by atoms with van der Waals surface area (Å²) >= 11 is 0. The first-order chi connectivity index (χ1) is 14.8. The molecule has 31 heavy (non-hydrogen) atoms. The number of ether oxygens (including phenoxy) is 2. The highest BCUT2D eigenvalue weighted by Gasteiger charge is 2.39. The second-order valence-corrected chi connectivity index (χ2v) is 9.81. The molecular formula is C24H28N2O4S. The van der Waals surface area contributed by atoms with E-state index in [1.165, 1.54) is 0 Å². The lowest BCUT2D eigenvalue weighted by Gasteiger charge is -2.37. The van der Waals surface area contributed by atoms with Crippen molar-refractivity contribution in [2.75, 3.05) is 20.8 Å². The van der Waals surface area contributed by atoms with Gasteiger partial charge < -0.3 is 14.0 Å². The van der Waals surface area contributed by atoms with E-state index in [-0.39, 0.29) is 0 Å². The number of fused-ring (bicyclic) bond motifs is 1. The van der Waals surface area contributed by atoms with Crippen LogP contribution in [0.1, 0.15) is 34.0 Å². The summed E-state index contributed by atoms with van der Waals surface area (Å²) in [5.41, 5.74) is 4.36. The normalized spacial score (nSPS) is 16.7. The highest BCUT2D eigenvalue weighted by Crippen LogP contribution is 2.40. The molecule has 6 nitrogen and oxygen atoms in total. The molecule has 2 aromatic carbocycles. The van der Waals surface area contributed by atoms with Crippen molar-refractivity contribution in [3.63, 3.8) is 0 Å². The van der Waals surface area contributed by atoms with Crippen LogP contribution >= 0.6 is 0 Å². The number of aryl methyl sites for hydroxylation is 3. The summed E-state index contributed by atoms with van der Waals surface area (Å²) in [6.45, 7) is 6.71. The minimum absolute atomic E-state index is 0.385. The Labute approximate surface area is 184 Å². The first-order valence-electron chi connectivity index (χ1n) is 10.2. The molecule has 0 fully saturated rings. The minimum atomic E-state index is -3.75. The number of nitrogens with zero attached hydrogens (tertiary/aromatic N) is 2. The number of methoxy groups -OCH3 is 2. The van der Waals surface area contributed by atoms with Gasteiger partial charge in [0.15, 0.2) is 11.5 Å². The van der Waals surface area contributed by atoms with Gasteiger partial charge in [0.1, 0.15) is 0 Å². The Kier molecular flexibility index (Phi) is 5.58. The number of benzene rings is 2. The molecule has 1 atom stereocenters. The molecule has 0 N–H and O–H groups in total. The van der Waals surface area contributed by atoms with Crippen LogP contribution in [-0.4, -0.2) is 38.1 Å². The quantitative estimate of drug-likeness (QED) is 0.596. The van der Waals surface area contributed by atoms with Crippen LogP contribution in [0.3, 0.4) is 0 Å². The van der Waals surface area contributed by atoms with Gasteiger partial charge in [0.25, 0.3) is 0 Å². The fourth-order valence-corrected chi connectivity index (χ4v) is 6.67. The van der Waals surface area contributed by atoms with Crippen molar-refractivity contribution < 1.29 is 17.9 Å². The van der Waals surface area contributed by atoms with E-state index in [2.05, 4.69) is 4.57 Å². The fraction of sp³-hybridized carbons (Fsp3) is 0.333. The Morgan fingerprint density at radius 2 is 1.58 bits per heavy atom. The molecule has 0 saturated heterocycles. The van der Waals surface area contributed by atoms with Crippen molar-refractivity contribution in [1.82, 2.24) is 8.87 Å². The maximum absolute atomic E-state index is 14.0. The van der Waals surface area contributed by atoms with Crippen LogP contribution in [0.2, 0.25) is 0 Å². The van der Waals surface area contributed by atoms with E-state index in [4.69, 9.17) is 9.47 Å². The van der Waals surface area contributed by atoms with Gasteiger partial charge in [-0.2, -0.15) is 4.31 Å². The monoisotopic (exact) mass is 440 g/mol. The third kappa shape index (κ3) is 3.62. The largest absolute Gasteiger partial charge is 0.493 e. The molecule has 0 radical (unpaired) electrons. The molecule has 7 heteroatoms. The summed E-state index contributed by atoms with van der Waals surface area (Å²) < 4.78 is 42.6. The Bertz CT molecular complexity index is 1210. The first-order valence-corrected chi connectivity index (χ1v) is 11.7. The Morgan fingerprint density at radius 1 is 0.903 bits per heavy atom. The van der Waals surface area contributed by atoms with Gasteiger partial charge in [-0.1, -0.05) is 23.8 Å². The second-order valence-electron chi connectivity index (χ2n) is 7.99. The highest BCUT2D eigenvalue weighted by atomic mass is 32.2. The second kappa shape index (κ2) is 8.05. The van der Waals surface area contributed by atoms with Gasteiger partial charge in [0.2, 0.25) is 10.0 Å². The zero-order chi connectivity index (χ0) is 22.3. The Morgan fingerprint density at radius 3 is 2.23 bits per heavy atom. The van der Waals surface area contributed by atoms with Crippen LogP contribution in [0.5, 0.6) is 11.5 Å². The minimum Gasteiger partial charge on any atom is -0.493 e. The summed E-state index contributed by atoms with van der Waals surface area (Å²) in [5, 5.41) is 0. The van der Waals surface area contributed by atoms with E-state index < -0.39 is 16.1 Å². The van der Waals surface area contributed by atoms with Gasteiger partial charge in [0.05, 0.1) is 25.2 Å². The number of rotatable bonds is 5. The molecule has 1 aromatic heterocycles. The molecule has 4 rings (SSSR count). The molecule has 0 unspecified atom stereocenters. The Hall–Kier alpha value is -2.77. The third-order valence-corrected chi connectivity index (χ3v) is 8.06. The SMILES string of the molecule is COc1ccc([C@@H]2c3cccn3CCN2S(=O)(=O)c2c(C)cc(C)cc2C)cc1OC. The lowest BCUT2D eigenvalue weighted by atomic mass is 10.0. The Balaban J connectivity index is 1.90. The van der Waals surface area contributed by atoms with Crippen molar-refractivity contribution in [2.24, 2.45) is 0 Å². The van der Waals surface area contributed by atoms with Crippen molar-refractivity contribution >= 4 is 10.0 Å². The van der Waals surface area contributed by atoms with E-state index in [0.717, 1.165) is 27.9 Å². The summed E-state index contributed by atoms with van der Waals surface area (Å²) in [4.78, 5) is 0.392.